The smallest absolute Gasteiger partial charge is 0.119 e. The molecule has 100 valence electrons. The molecule has 0 aromatic heterocycles. The van der Waals surface area contributed by atoms with Gasteiger partial charge in [-0.05, 0) is 62.3 Å². The zero-order valence-electron chi connectivity index (χ0n) is 11.8. The summed E-state index contributed by atoms with van der Waals surface area (Å²) in [5, 5.41) is 3.66. The molecule has 0 bridgehead atoms. The lowest BCUT2D eigenvalue weighted by molar-refractivity contribution is 0.281. The van der Waals surface area contributed by atoms with Crippen LogP contribution in [0.5, 0.6) is 5.75 Å². The molecule has 1 aliphatic rings. The van der Waals surface area contributed by atoms with Gasteiger partial charge in [-0.2, -0.15) is 0 Å². The van der Waals surface area contributed by atoms with Gasteiger partial charge in [0, 0.05) is 11.7 Å². The van der Waals surface area contributed by atoms with Gasteiger partial charge in [0.25, 0.3) is 0 Å². The van der Waals surface area contributed by atoms with Gasteiger partial charge in [0.15, 0.2) is 0 Å². The standard InChI is InChI=1S/C16H25NO/c1-4-18-16-7-5-14(6-8-16)17-15-10-12(2)9-13(3)11-15/h5-8,12-13,15,17H,4,9-11H2,1-3H3. The highest BCUT2D eigenvalue weighted by Crippen LogP contribution is 2.30. The maximum Gasteiger partial charge on any atom is 0.119 e. The van der Waals surface area contributed by atoms with Gasteiger partial charge >= 0.3 is 0 Å². The molecule has 0 spiro atoms. The van der Waals surface area contributed by atoms with E-state index in [1.807, 2.05) is 19.1 Å². The molecule has 1 aliphatic carbocycles. The van der Waals surface area contributed by atoms with E-state index >= 15 is 0 Å². The Bertz CT molecular complexity index is 350. The molecular formula is C16H25NO. The zero-order valence-corrected chi connectivity index (χ0v) is 11.8. The monoisotopic (exact) mass is 247 g/mol. The Morgan fingerprint density at radius 3 is 2.22 bits per heavy atom. The molecule has 2 heteroatoms. The highest BCUT2D eigenvalue weighted by molar-refractivity contribution is 5.47. The third-order valence-corrected chi connectivity index (χ3v) is 3.71. The summed E-state index contributed by atoms with van der Waals surface area (Å²) >= 11 is 0. The van der Waals surface area contributed by atoms with Gasteiger partial charge in [0.1, 0.15) is 5.75 Å². The lowest BCUT2D eigenvalue weighted by Gasteiger charge is -2.32. The van der Waals surface area contributed by atoms with E-state index in [4.69, 9.17) is 4.74 Å². The van der Waals surface area contributed by atoms with Crippen LogP contribution in [0, 0.1) is 11.8 Å². The Hall–Kier alpha value is -1.18. The van der Waals surface area contributed by atoms with Crippen LogP contribution >= 0.6 is 0 Å². The van der Waals surface area contributed by atoms with Crippen molar-refractivity contribution in [2.24, 2.45) is 11.8 Å². The summed E-state index contributed by atoms with van der Waals surface area (Å²) in [7, 11) is 0. The normalized spacial score (nSPS) is 27.8. The number of benzene rings is 1. The molecule has 1 N–H and O–H groups in total. The van der Waals surface area contributed by atoms with Crippen molar-refractivity contribution in [1.29, 1.82) is 0 Å². The van der Waals surface area contributed by atoms with Crippen molar-refractivity contribution in [2.75, 3.05) is 11.9 Å². The number of ether oxygens (including phenoxy) is 1. The Kier molecular flexibility index (Phi) is 4.51. The van der Waals surface area contributed by atoms with Crippen LogP contribution in [-0.4, -0.2) is 12.6 Å². The predicted molar refractivity (Wildman–Crippen MR) is 77.2 cm³/mol. The molecule has 2 atom stereocenters. The summed E-state index contributed by atoms with van der Waals surface area (Å²) in [5.41, 5.74) is 1.21. The van der Waals surface area contributed by atoms with Crippen LogP contribution in [0.1, 0.15) is 40.0 Å². The Morgan fingerprint density at radius 2 is 1.67 bits per heavy atom. The van der Waals surface area contributed by atoms with Crippen molar-refractivity contribution in [3.05, 3.63) is 24.3 Å². The maximum absolute atomic E-state index is 5.46. The SMILES string of the molecule is CCOc1ccc(NC2CC(C)CC(C)C2)cc1. The van der Waals surface area contributed by atoms with Gasteiger partial charge in [-0.25, -0.2) is 0 Å². The van der Waals surface area contributed by atoms with E-state index in [1.165, 1.54) is 24.9 Å². The van der Waals surface area contributed by atoms with Crippen LogP contribution < -0.4 is 10.1 Å². The Balaban J connectivity index is 1.92. The molecule has 2 nitrogen and oxygen atoms in total. The van der Waals surface area contributed by atoms with Crippen molar-refractivity contribution < 1.29 is 4.74 Å². The van der Waals surface area contributed by atoms with E-state index in [0.717, 1.165) is 24.2 Å². The minimum atomic E-state index is 0.627. The molecular weight excluding hydrogens is 222 g/mol. The fourth-order valence-corrected chi connectivity index (χ4v) is 3.11. The van der Waals surface area contributed by atoms with Crippen LogP contribution in [0.25, 0.3) is 0 Å². The Labute approximate surface area is 111 Å². The minimum absolute atomic E-state index is 0.627. The molecule has 1 fully saturated rings. The topological polar surface area (TPSA) is 21.3 Å². The molecule has 2 unspecified atom stereocenters. The fourth-order valence-electron chi connectivity index (χ4n) is 3.11. The summed E-state index contributed by atoms with van der Waals surface area (Å²) in [6.45, 7) is 7.46. The number of rotatable bonds is 4. The molecule has 2 rings (SSSR count). The van der Waals surface area contributed by atoms with Gasteiger partial charge in [-0.15, -0.1) is 0 Å². The quantitative estimate of drug-likeness (QED) is 0.855. The first-order valence-corrected chi connectivity index (χ1v) is 7.16. The van der Waals surface area contributed by atoms with Crippen molar-refractivity contribution in [1.82, 2.24) is 0 Å². The van der Waals surface area contributed by atoms with Crippen LogP contribution in [0.15, 0.2) is 24.3 Å². The summed E-state index contributed by atoms with van der Waals surface area (Å²) in [5.74, 6) is 2.64. The maximum atomic E-state index is 5.46. The summed E-state index contributed by atoms with van der Waals surface area (Å²) in [4.78, 5) is 0. The lowest BCUT2D eigenvalue weighted by Crippen LogP contribution is -2.30. The van der Waals surface area contributed by atoms with Crippen molar-refractivity contribution in [3.8, 4) is 5.75 Å². The lowest BCUT2D eigenvalue weighted by atomic mass is 9.80. The van der Waals surface area contributed by atoms with Crippen molar-refractivity contribution in [2.45, 2.75) is 46.1 Å². The zero-order chi connectivity index (χ0) is 13.0. The van der Waals surface area contributed by atoms with Gasteiger partial charge in [-0.1, -0.05) is 13.8 Å². The third-order valence-electron chi connectivity index (χ3n) is 3.71. The van der Waals surface area contributed by atoms with E-state index in [0.29, 0.717) is 6.04 Å². The number of anilines is 1. The molecule has 18 heavy (non-hydrogen) atoms. The second-order valence-corrected chi connectivity index (χ2v) is 5.72. The first-order chi connectivity index (χ1) is 8.67. The largest absolute Gasteiger partial charge is 0.494 e. The first kappa shape index (κ1) is 13.3. The molecule has 0 amide bonds. The predicted octanol–water partition coefficient (Wildman–Crippen LogP) is 4.32. The molecule has 1 aromatic rings. The fraction of sp³-hybridized carbons (Fsp3) is 0.625. The third kappa shape index (κ3) is 3.66. The van der Waals surface area contributed by atoms with Crippen LogP contribution in [-0.2, 0) is 0 Å². The van der Waals surface area contributed by atoms with E-state index in [9.17, 15) is 0 Å². The average Bonchev–Trinajstić information content (AvgIpc) is 2.31. The van der Waals surface area contributed by atoms with Crippen LogP contribution in [0.4, 0.5) is 5.69 Å². The Morgan fingerprint density at radius 1 is 1.06 bits per heavy atom. The number of nitrogens with one attached hydrogen (secondary N) is 1. The van der Waals surface area contributed by atoms with E-state index < -0.39 is 0 Å². The highest BCUT2D eigenvalue weighted by Gasteiger charge is 2.23. The van der Waals surface area contributed by atoms with Crippen molar-refractivity contribution in [3.63, 3.8) is 0 Å². The summed E-state index contributed by atoms with van der Waals surface area (Å²) in [6, 6.07) is 8.95. The number of hydrogen-bond acceptors (Lipinski definition) is 2. The van der Waals surface area contributed by atoms with Gasteiger partial charge < -0.3 is 10.1 Å². The van der Waals surface area contributed by atoms with E-state index in [1.54, 1.807) is 0 Å². The number of hydrogen-bond donors (Lipinski definition) is 1. The molecule has 1 aromatic carbocycles. The average molecular weight is 247 g/mol. The molecule has 0 radical (unpaired) electrons. The van der Waals surface area contributed by atoms with Gasteiger partial charge in [-0.3, -0.25) is 0 Å². The minimum Gasteiger partial charge on any atom is -0.494 e. The second-order valence-electron chi connectivity index (χ2n) is 5.72. The van der Waals surface area contributed by atoms with E-state index in [-0.39, 0.29) is 0 Å². The summed E-state index contributed by atoms with van der Waals surface area (Å²) in [6.07, 6.45) is 3.95. The van der Waals surface area contributed by atoms with Crippen LogP contribution in [0.2, 0.25) is 0 Å². The van der Waals surface area contributed by atoms with E-state index in [2.05, 4.69) is 31.3 Å². The van der Waals surface area contributed by atoms with Crippen LogP contribution in [0.3, 0.4) is 0 Å². The van der Waals surface area contributed by atoms with Gasteiger partial charge in [0.05, 0.1) is 6.61 Å². The summed E-state index contributed by atoms with van der Waals surface area (Å²) < 4.78 is 5.46. The first-order valence-electron chi connectivity index (χ1n) is 7.16. The molecule has 0 heterocycles. The molecule has 1 saturated carbocycles. The molecule has 0 aliphatic heterocycles. The van der Waals surface area contributed by atoms with Crippen molar-refractivity contribution >= 4 is 5.69 Å². The molecule has 0 saturated heterocycles. The highest BCUT2D eigenvalue weighted by atomic mass is 16.5. The second kappa shape index (κ2) is 6.12. The van der Waals surface area contributed by atoms with Gasteiger partial charge in [0.2, 0.25) is 0 Å².